The van der Waals surface area contributed by atoms with E-state index in [1.807, 2.05) is 0 Å². The van der Waals surface area contributed by atoms with Gasteiger partial charge in [0.05, 0.1) is 0 Å². The zero-order valence-corrected chi connectivity index (χ0v) is 12.5. The van der Waals surface area contributed by atoms with Crippen LogP contribution in [0.15, 0.2) is 0 Å². The molecule has 1 fully saturated rings. The van der Waals surface area contributed by atoms with Gasteiger partial charge in [0.15, 0.2) is 0 Å². The molecular weight excluding hydrogens is 272 g/mol. The van der Waals surface area contributed by atoms with Crippen LogP contribution in [0.1, 0.15) is 33.6 Å². The van der Waals surface area contributed by atoms with Gasteiger partial charge in [0.1, 0.15) is 0 Å². The molecule has 1 nitrogen and oxygen atoms in total. The average Bonchev–Trinajstić information content (AvgIpc) is 2.18. The average molecular weight is 295 g/mol. The first kappa shape index (κ1) is 13.9. The van der Waals surface area contributed by atoms with E-state index in [1.165, 1.54) is 18.6 Å². The minimum Gasteiger partial charge on any atom is -0.381 e. The lowest BCUT2D eigenvalue weighted by molar-refractivity contribution is 0.0999. The molecule has 15 heavy (non-hydrogen) atoms. The second-order valence-electron chi connectivity index (χ2n) is 5.36. The summed E-state index contributed by atoms with van der Waals surface area (Å²) in [4.78, 5) is 0. The maximum atomic E-state index is 5.38. The zero-order valence-electron chi connectivity index (χ0n) is 10.1. The highest BCUT2D eigenvalue weighted by atomic mass is 79.9. The lowest BCUT2D eigenvalue weighted by atomic mass is 9.83. The molecule has 1 rings (SSSR count). The van der Waals surface area contributed by atoms with E-state index in [0.29, 0.717) is 5.41 Å². The van der Waals surface area contributed by atoms with Gasteiger partial charge in [-0.15, -0.1) is 0 Å². The molecule has 90 valence electrons. The van der Waals surface area contributed by atoms with Gasteiger partial charge in [-0.3, -0.25) is 0 Å². The third kappa shape index (κ3) is 5.10. The van der Waals surface area contributed by atoms with Crippen LogP contribution in [0.4, 0.5) is 0 Å². The number of ether oxygens (including phenoxy) is 1. The Balaban J connectivity index is 2.27. The second kappa shape index (κ2) is 6.51. The van der Waals surface area contributed by atoms with Crippen molar-refractivity contribution in [1.82, 2.24) is 0 Å². The number of hydrogen-bond acceptors (Lipinski definition) is 2. The molecule has 0 bridgehead atoms. The molecule has 0 N–H and O–H groups in total. The van der Waals surface area contributed by atoms with E-state index < -0.39 is 0 Å². The monoisotopic (exact) mass is 294 g/mol. The summed E-state index contributed by atoms with van der Waals surface area (Å²) >= 11 is 5.79. The van der Waals surface area contributed by atoms with E-state index >= 15 is 0 Å². The fourth-order valence-electron chi connectivity index (χ4n) is 1.62. The Labute approximate surface area is 107 Å². The van der Waals surface area contributed by atoms with Crippen molar-refractivity contribution in [2.75, 3.05) is 24.3 Å². The van der Waals surface area contributed by atoms with Gasteiger partial charge in [0.2, 0.25) is 0 Å². The molecule has 0 saturated carbocycles. The van der Waals surface area contributed by atoms with Gasteiger partial charge in [0, 0.05) is 23.8 Å². The SMILES string of the molecule is CC(C)(C)C(CBr)CSC1CCOCC1. The van der Waals surface area contributed by atoms with Crippen molar-refractivity contribution in [1.29, 1.82) is 0 Å². The van der Waals surface area contributed by atoms with Crippen molar-refractivity contribution in [3.8, 4) is 0 Å². The fourth-order valence-corrected chi connectivity index (χ4v) is 4.77. The van der Waals surface area contributed by atoms with Crippen LogP contribution in [0.5, 0.6) is 0 Å². The Bertz CT molecular complexity index is 173. The Morgan fingerprint density at radius 2 is 1.93 bits per heavy atom. The van der Waals surface area contributed by atoms with E-state index in [9.17, 15) is 0 Å². The summed E-state index contributed by atoms with van der Waals surface area (Å²) in [5, 5.41) is 1.95. The minimum absolute atomic E-state index is 0.418. The summed E-state index contributed by atoms with van der Waals surface area (Å²) in [5.74, 6) is 2.05. The highest BCUT2D eigenvalue weighted by Crippen LogP contribution is 2.33. The lowest BCUT2D eigenvalue weighted by Gasteiger charge is -2.31. The Morgan fingerprint density at radius 1 is 1.33 bits per heavy atom. The Morgan fingerprint density at radius 3 is 2.40 bits per heavy atom. The third-order valence-corrected chi connectivity index (χ3v) is 5.43. The van der Waals surface area contributed by atoms with Crippen molar-refractivity contribution in [2.45, 2.75) is 38.9 Å². The summed E-state index contributed by atoms with van der Waals surface area (Å²) in [6.07, 6.45) is 2.48. The molecule has 0 aromatic carbocycles. The number of hydrogen-bond donors (Lipinski definition) is 0. The molecule has 1 atom stereocenters. The minimum atomic E-state index is 0.418. The molecule has 3 heteroatoms. The van der Waals surface area contributed by atoms with Crippen molar-refractivity contribution >= 4 is 27.7 Å². The Hall–Kier alpha value is 0.790. The van der Waals surface area contributed by atoms with Crippen LogP contribution >= 0.6 is 27.7 Å². The first-order chi connectivity index (χ1) is 7.04. The van der Waals surface area contributed by atoms with Gasteiger partial charge in [-0.2, -0.15) is 11.8 Å². The van der Waals surface area contributed by atoms with Gasteiger partial charge in [-0.25, -0.2) is 0 Å². The molecular formula is C12H23BrOS. The lowest BCUT2D eigenvalue weighted by Crippen LogP contribution is -2.26. The predicted octanol–water partition coefficient (Wildman–Crippen LogP) is 3.96. The molecule has 1 heterocycles. The van der Waals surface area contributed by atoms with E-state index in [4.69, 9.17) is 4.74 Å². The van der Waals surface area contributed by atoms with E-state index in [1.54, 1.807) is 0 Å². The van der Waals surface area contributed by atoms with E-state index in [0.717, 1.165) is 29.7 Å². The second-order valence-corrected chi connectivity index (χ2v) is 7.34. The van der Waals surface area contributed by atoms with Crippen LogP contribution in [0.2, 0.25) is 0 Å². The fraction of sp³-hybridized carbons (Fsp3) is 1.00. The summed E-state index contributed by atoms with van der Waals surface area (Å²) in [6.45, 7) is 8.94. The largest absolute Gasteiger partial charge is 0.381 e. The summed E-state index contributed by atoms with van der Waals surface area (Å²) < 4.78 is 5.38. The van der Waals surface area contributed by atoms with Crippen molar-refractivity contribution in [3.63, 3.8) is 0 Å². The number of rotatable bonds is 4. The highest BCUT2D eigenvalue weighted by molar-refractivity contribution is 9.09. The van der Waals surface area contributed by atoms with Gasteiger partial charge < -0.3 is 4.74 Å². The number of alkyl halides is 1. The molecule has 1 saturated heterocycles. The smallest absolute Gasteiger partial charge is 0.0476 e. The van der Waals surface area contributed by atoms with Crippen LogP contribution in [0.25, 0.3) is 0 Å². The van der Waals surface area contributed by atoms with Gasteiger partial charge in [0.25, 0.3) is 0 Å². The molecule has 0 aromatic rings. The van der Waals surface area contributed by atoms with E-state index in [2.05, 4.69) is 48.5 Å². The summed E-state index contributed by atoms with van der Waals surface area (Å²) in [6, 6.07) is 0. The van der Waals surface area contributed by atoms with E-state index in [-0.39, 0.29) is 0 Å². The molecule has 1 aliphatic rings. The molecule has 0 aliphatic carbocycles. The summed E-state index contributed by atoms with van der Waals surface area (Å²) in [5.41, 5.74) is 0.418. The summed E-state index contributed by atoms with van der Waals surface area (Å²) in [7, 11) is 0. The van der Waals surface area contributed by atoms with Crippen LogP contribution in [-0.4, -0.2) is 29.5 Å². The molecule has 0 aromatic heterocycles. The molecule has 1 aliphatic heterocycles. The van der Waals surface area contributed by atoms with Crippen molar-refractivity contribution in [2.24, 2.45) is 11.3 Å². The molecule has 1 unspecified atom stereocenters. The molecule has 0 radical (unpaired) electrons. The first-order valence-corrected chi connectivity index (χ1v) is 7.96. The van der Waals surface area contributed by atoms with Crippen LogP contribution in [0.3, 0.4) is 0 Å². The first-order valence-electron chi connectivity index (χ1n) is 5.79. The van der Waals surface area contributed by atoms with Crippen LogP contribution in [0, 0.1) is 11.3 Å². The molecule has 0 spiro atoms. The van der Waals surface area contributed by atoms with Crippen molar-refractivity contribution < 1.29 is 4.74 Å². The van der Waals surface area contributed by atoms with Gasteiger partial charge >= 0.3 is 0 Å². The highest BCUT2D eigenvalue weighted by Gasteiger charge is 2.25. The number of halogens is 1. The number of thioether (sulfide) groups is 1. The normalized spacial score (nSPS) is 21.6. The molecule has 0 amide bonds. The maximum Gasteiger partial charge on any atom is 0.0476 e. The zero-order chi connectivity index (χ0) is 11.3. The van der Waals surface area contributed by atoms with Gasteiger partial charge in [-0.1, -0.05) is 36.7 Å². The standard InChI is InChI=1S/C12H23BrOS/c1-12(2,3)10(8-13)9-15-11-4-6-14-7-5-11/h10-11H,4-9H2,1-3H3. The predicted molar refractivity (Wildman–Crippen MR) is 73.0 cm³/mol. The van der Waals surface area contributed by atoms with Crippen molar-refractivity contribution in [3.05, 3.63) is 0 Å². The maximum absolute atomic E-state index is 5.38. The van der Waals surface area contributed by atoms with Crippen LogP contribution < -0.4 is 0 Å². The third-order valence-electron chi connectivity index (χ3n) is 3.11. The van der Waals surface area contributed by atoms with Crippen LogP contribution in [-0.2, 0) is 4.74 Å². The Kier molecular flexibility index (Phi) is 6.01. The topological polar surface area (TPSA) is 9.23 Å². The quantitative estimate of drug-likeness (QED) is 0.726. The van der Waals surface area contributed by atoms with Gasteiger partial charge in [-0.05, 0) is 29.9 Å².